The fourth-order valence-electron chi connectivity index (χ4n) is 3.42. The Labute approximate surface area is 131 Å². The van der Waals surface area contributed by atoms with Crippen molar-refractivity contribution in [2.75, 3.05) is 25.0 Å². The van der Waals surface area contributed by atoms with E-state index in [1.165, 1.54) is 32.1 Å². The standard InChI is InChI=1S/C16H28BrNO2/c17-10-13-20-15-8-11-18(12-9-15)16(19)14-6-4-2-1-3-5-7-14/h14-15H,1-13H2. The van der Waals surface area contributed by atoms with Crippen LogP contribution in [0.5, 0.6) is 0 Å². The first-order valence-electron chi connectivity index (χ1n) is 8.27. The number of likely N-dealkylation sites (tertiary alicyclic amines) is 1. The highest BCUT2D eigenvalue weighted by molar-refractivity contribution is 9.09. The van der Waals surface area contributed by atoms with Crippen LogP contribution in [0.2, 0.25) is 0 Å². The second-order valence-corrected chi connectivity index (χ2v) is 6.92. The second kappa shape index (κ2) is 9.04. The minimum atomic E-state index is 0.301. The van der Waals surface area contributed by atoms with E-state index in [2.05, 4.69) is 20.8 Å². The van der Waals surface area contributed by atoms with Crippen LogP contribution in [0, 0.1) is 5.92 Å². The molecular weight excluding hydrogens is 318 g/mol. The molecule has 1 amide bonds. The third-order valence-electron chi connectivity index (χ3n) is 4.64. The van der Waals surface area contributed by atoms with E-state index in [0.717, 1.165) is 50.7 Å². The molecule has 4 heteroatoms. The van der Waals surface area contributed by atoms with Crippen molar-refractivity contribution in [1.82, 2.24) is 4.90 Å². The Kier molecular flexibility index (Phi) is 7.36. The molecule has 0 bridgehead atoms. The van der Waals surface area contributed by atoms with Gasteiger partial charge in [-0.25, -0.2) is 0 Å². The third kappa shape index (κ3) is 5.03. The zero-order chi connectivity index (χ0) is 14.2. The molecule has 0 aromatic carbocycles. The van der Waals surface area contributed by atoms with Crippen LogP contribution in [-0.4, -0.2) is 41.9 Å². The Morgan fingerprint density at radius 2 is 1.60 bits per heavy atom. The van der Waals surface area contributed by atoms with Gasteiger partial charge in [0, 0.05) is 24.3 Å². The number of nitrogens with zero attached hydrogens (tertiary/aromatic N) is 1. The molecule has 0 radical (unpaired) electrons. The zero-order valence-corrected chi connectivity index (χ0v) is 14.1. The number of piperidine rings is 1. The maximum absolute atomic E-state index is 12.6. The fraction of sp³-hybridized carbons (Fsp3) is 0.938. The maximum atomic E-state index is 12.6. The summed E-state index contributed by atoms with van der Waals surface area (Å²) in [6, 6.07) is 0. The lowest BCUT2D eigenvalue weighted by Crippen LogP contribution is -2.43. The summed E-state index contributed by atoms with van der Waals surface area (Å²) >= 11 is 3.39. The number of carbonyl (C=O) groups excluding carboxylic acids is 1. The highest BCUT2D eigenvalue weighted by Gasteiger charge is 2.28. The van der Waals surface area contributed by atoms with Gasteiger partial charge in [0.1, 0.15) is 0 Å². The Balaban J connectivity index is 1.75. The number of halogens is 1. The monoisotopic (exact) mass is 345 g/mol. The molecule has 1 saturated heterocycles. The Morgan fingerprint density at radius 1 is 1.00 bits per heavy atom. The summed E-state index contributed by atoms with van der Waals surface area (Å²) in [5, 5.41) is 0.897. The van der Waals surface area contributed by atoms with Crippen molar-refractivity contribution in [3.8, 4) is 0 Å². The third-order valence-corrected chi connectivity index (χ3v) is 4.96. The molecule has 1 saturated carbocycles. The van der Waals surface area contributed by atoms with Crippen LogP contribution in [0.25, 0.3) is 0 Å². The summed E-state index contributed by atoms with van der Waals surface area (Å²) in [4.78, 5) is 14.7. The van der Waals surface area contributed by atoms with E-state index in [-0.39, 0.29) is 0 Å². The molecule has 0 unspecified atom stereocenters. The first-order chi connectivity index (χ1) is 9.81. The minimum absolute atomic E-state index is 0.301. The first-order valence-corrected chi connectivity index (χ1v) is 9.39. The summed E-state index contributed by atoms with van der Waals surface area (Å²) in [5.74, 6) is 0.723. The molecule has 116 valence electrons. The van der Waals surface area contributed by atoms with Crippen LogP contribution in [0.1, 0.15) is 57.8 Å². The number of rotatable bonds is 4. The Bertz CT molecular complexity index is 282. The molecule has 0 N–H and O–H groups in total. The maximum Gasteiger partial charge on any atom is 0.225 e. The van der Waals surface area contributed by atoms with Gasteiger partial charge in [-0.2, -0.15) is 0 Å². The topological polar surface area (TPSA) is 29.5 Å². The Hall–Kier alpha value is -0.0900. The Morgan fingerprint density at radius 3 is 2.20 bits per heavy atom. The van der Waals surface area contributed by atoms with E-state index in [1.807, 2.05) is 0 Å². The van der Waals surface area contributed by atoms with Crippen molar-refractivity contribution in [3.05, 3.63) is 0 Å². The predicted octanol–water partition coefficient (Wildman–Crippen LogP) is 3.75. The van der Waals surface area contributed by atoms with Gasteiger partial charge in [0.25, 0.3) is 0 Å². The number of amides is 1. The molecule has 0 aromatic rings. The predicted molar refractivity (Wildman–Crippen MR) is 85.2 cm³/mol. The fourth-order valence-corrected chi connectivity index (χ4v) is 3.60. The van der Waals surface area contributed by atoms with Crippen molar-refractivity contribution < 1.29 is 9.53 Å². The molecule has 2 aliphatic rings. The van der Waals surface area contributed by atoms with Gasteiger partial charge in [0.2, 0.25) is 5.91 Å². The number of hydrogen-bond acceptors (Lipinski definition) is 2. The number of hydrogen-bond donors (Lipinski definition) is 0. The van der Waals surface area contributed by atoms with E-state index in [9.17, 15) is 4.79 Å². The van der Waals surface area contributed by atoms with E-state index in [1.54, 1.807) is 0 Å². The van der Waals surface area contributed by atoms with Gasteiger partial charge >= 0.3 is 0 Å². The highest BCUT2D eigenvalue weighted by Crippen LogP contribution is 2.25. The summed E-state index contributed by atoms with van der Waals surface area (Å²) in [5.41, 5.74) is 0. The molecule has 1 aliphatic carbocycles. The molecule has 2 rings (SSSR count). The van der Waals surface area contributed by atoms with Crippen molar-refractivity contribution in [1.29, 1.82) is 0 Å². The van der Waals surface area contributed by atoms with Gasteiger partial charge in [-0.15, -0.1) is 0 Å². The number of ether oxygens (including phenoxy) is 1. The van der Waals surface area contributed by atoms with Crippen LogP contribution in [0.3, 0.4) is 0 Å². The number of alkyl halides is 1. The molecule has 1 heterocycles. The molecule has 2 fully saturated rings. The van der Waals surface area contributed by atoms with E-state index in [4.69, 9.17) is 4.74 Å². The van der Waals surface area contributed by atoms with Gasteiger partial charge in [-0.1, -0.05) is 48.0 Å². The minimum Gasteiger partial charge on any atom is -0.377 e. The van der Waals surface area contributed by atoms with Gasteiger partial charge in [0.15, 0.2) is 0 Å². The van der Waals surface area contributed by atoms with Crippen molar-refractivity contribution in [3.63, 3.8) is 0 Å². The van der Waals surface area contributed by atoms with Crippen molar-refractivity contribution in [2.24, 2.45) is 5.92 Å². The summed E-state index contributed by atoms with van der Waals surface area (Å²) < 4.78 is 5.76. The summed E-state index contributed by atoms with van der Waals surface area (Å²) in [6.45, 7) is 2.56. The normalized spacial score (nSPS) is 23.4. The number of carbonyl (C=O) groups is 1. The van der Waals surface area contributed by atoms with Crippen LogP contribution >= 0.6 is 15.9 Å². The summed E-state index contributed by atoms with van der Waals surface area (Å²) in [6.07, 6.45) is 11.0. The van der Waals surface area contributed by atoms with Crippen LogP contribution in [0.4, 0.5) is 0 Å². The van der Waals surface area contributed by atoms with E-state index >= 15 is 0 Å². The van der Waals surface area contributed by atoms with Crippen LogP contribution < -0.4 is 0 Å². The van der Waals surface area contributed by atoms with Gasteiger partial charge < -0.3 is 9.64 Å². The van der Waals surface area contributed by atoms with Gasteiger partial charge in [-0.3, -0.25) is 4.79 Å². The highest BCUT2D eigenvalue weighted by atomic mass is 79.9. The average Bonchev–Trinajstić information content (AvgIpc) is 2.45. The summed E-state index contributed by atoms with van der Waals surface area (Å²) in [7, 11) is 0. The van der Waals surface area contributed by atoms with E-state index in [0.29, 0.717) is 17.9 Å². The zero-order valence-electron chi connectivity index (χ0n) is 12.5. The molecule has 3 nitrogen and oxygen atoms in total. The van der Waals surface area contributed by atoms with Crippen LogP contribution in [0.15, 0.2) is 0 Å². The lowest BCUT2D eigenvalue weighted by Gasteiger charge is -2.34. The van der Waals surface area contributed by atoms with Gasteiger partial charge in [-0.05, 0) is 25.7 Å². The van der Waals surface area contributed by atoms with E-state index < -0.39 is 0 Å². The van der Waals surface area contributed by atoms with Crippen molar-refractivity contribution in [2.45, 2.75) is 63.9 Å². The molecule has 1 aliphatic heterocycles. The molecule has 0 spiro atoms. The van der Waals surface area contributed by atoms with Crippen molar-refractivity contribution >= 4 is 21.8 Å². The lowest BCUT2D eigenvalue weighted by molar-refractivity contribution is -0.138. The SMILES string of the molecule is O=C(C1CCCCCCC1)N1CCC(OCCBr)CC1. The molecule has 0 atom stereocenters. The smallest absolute Gasteiger partial charge is 0.225 e. The van der Waals surface area contributed by atoms with Gasteiger partial charge in [0.05, 0.1) is 12.7 Å². The second-order valence-electron chi connectivity index (χ2n) is 6.13. The first kappa shape index (κ1) is 16.3. The molecule has 0 aromatic heterocycles. The van der Waals surface area contributed by atoms with Crippen LogP contribution in [-0.2, 0) is 9.53 Å². The molecular formula is C16H28BrNO2. The quantitative estimate of drug-likeness (QED) is 0.726. The molecule has 20 heavy (non-hydrogen) atoms. The lowest BCUT2D eigenvalue weighted by atomic mass is 9.89. The average molecular weight is 346 g/mol. The largest absolute Gasteiger partial charge is 0.377 e.